The summed E-state index contributed by atoms with van der Waals surface area (Å²) in [6, 6.07) is 7.45. The normalized spacial score (nSPS) is 18.0. The van der Waals surface area contributed by atoms with Crippen molar-refractivity contribution in [2.45, 2.75) is 25.8 Å². The highest BCUT2D eigenvalue weighted by Gasteiger charge is 2.25. The van der Waals surface area contributed by atoms with Gasteiger partial charge < -0.3 is 20.3 Å². The largest absolute Gasteiger partial charge is 0.483 e. The van der Waals surface area contributed by atoms with Crippen LogP contribution in [0.25, 0.3) is 0 Å². The minimum atomic E-state index is -0.122. The predicted octanol–water partition coefficient (Wildman–Crippen LogP) is 1.33. The Labute approximate surface area is 143 Å². The summed E-state index contributed by atoms with van der Waals surface area (Å²) >= 11 is 0. The molecule has 2 unspecified atom stereocenters. The monoisotopic (exact) mass is 333 g/mol. The van der Waals surface area contributed by atoms with Crippen molar-refractivity contribution >= 4 is 11.8 Å². The molecule has 24 heavy (non-hydrogen) atoms. The summed E-state index contributed by atoms with van der Waals surface area (Å²) in [5.41, 5.74) is 0.908. The Kier molecular flexibility index (Phi) is 6.61. The van der Waals surface area contributed by atoms with Crippen LogP contribution in [-0.2, 0) is 9.59 Å². The molecule has 132 valence electrons. The van der Waals surface area contributed by atoms with Crippen molar-refractivity contribution in [1.82, 2.24) is 15.5 Å². The number of nitrogens with one attached hydrogen (secondary N) is 2. The Morgan fingerprint density at radius 3 is 2.75 bits per heavy atom. The van der Waals surface area contributed by atoms with Crippen LogP contribution in [0.15, 0.2) is 24.3 Å². The van der Waals surface area contributed by atoms with E-state index in [0.717, 1.165) is 31.5 Å². The molecule has 0 aromatic heterocycles. The maximum Gasteiger partial charge on any atom is 0.259 e. The lowest BCUT2D eigenvalue weighted by molar-refractivity contribution is -0.131. The van der Waals surface area contributed by atoms with Crippen molar-refractivity contribution in [3.63, 3.8) is 0 Å². The zero-order valence-corrected chi connectivity index (χ0v) is 14.7. The Morgan fingerprint density at radius 1 is 1.38 bits per heavy atom. The molecule has 2 atom stereocenters. The summed E-state index contributed by atoms with van der Waals surface area (Å²) in [5, 5.41) is 6.33. The lowest BCUT2D eigenvalue weighted by Crippen LogP contribution is -2.35. The standard InChI is InChI=1S/C18H27N3O3/c1-4-15(20-18(23)13-9-10-19-11-13)14-7-5-6-8-16(14)24-12-17(22)21(2)3/h5-8,13,15,19H,4,9-12H2,1-3H3,(H,20,23). The quantitative estimate of drug-likeness (QED) is 0.790. The molecule has 2 N–H and O–H groups in total. The third kappa shape index (κ3) is 4.71. The van der Waals surface area contributed by atoms with Gasteiger partial charge in [-0.15, -0.1) is 0 Å². The Hall–Kier alpha value is -2.08. The van der Waals surface area contributed by atoms with Gasteiger partial charge in [-0.1, -0.05) is 25.1 Å². The minimum absolute atomic E-state index is 0.0130. The van der Waals surface area contributed by atoms with E-state index in [4.69, 9.17) is 4.74 Å². The van der Waals surface area contributed by atoms with Gasteiger partial charge in [0.1, 0.15) is 5.75 Å². The molecular formula is C18H27N3O3. The highest BCUT2D eigenvalue weighted by Crippen LogP contribution is 2.27. The van der Waals surface area contributed by atoms with E-state index in [9.17, 15) is 9.59 Å². The lowest BCUT2D eigenvalue weighted by atomic mass is 10.0. The number of likely N-dealkylation sites (N-methyl/N-ethyl adjacent to an activating group) is 1. The molecule has 1 aliphatic heterocycles. The molecule has 0 spiro atoms. The number of rotatable bonds is 7. The number of ether oxygens (including phenoxy) is 1. The molecule has 1 aromatic carbocycles. The summed E-state index contributed by atoms with van der Waals surface area (Å²) < 4.78 is 5.70. The van der Waals surface area contributed by atoms with Crippen LogP contribution in [0.2, 0.25) is 0 Å². The van der Waals surface area contributed by atoms with Crippen molar-refractivity contribution in [3.05, 3.63) is 29.8 Å². The van der Waals surface area contributed by atoms with Gasteiger partial charge in [0, 0.05) is 26.2 Å². The second-order valence-corrected chi connectivity index (χ2v) is 6.27. The summed E-state index contributed by atoms with van der Waals surface area (Å²) in [6.45, 7) is 3.64. The average molecular weight is 333 g/mol. The number of hydrogen-bond donors (Lipinski definition) is 2. The van der Waals surface area contributed by atoms with E-state index in [1.807, 2.05) is 31.2 Å². The number of carbonyl (C=O) groups is 2. The van der Waals surface area contributed by atoms with E-state index in [1.54, 1.807) is 14.1 Å². The molecule has 2 rings (SSSR count). The zero-order chi connectivity index (χ0) is 17.5. The maximum atomic E-state index is 12.4. The van der Waals surface area contributed by atoms with Crippen molar-refractivity contribution in [1.29, 1.82) is 0 Å². The summed E-state index contributed by atoms with van der Waals surface area (Å²) in [5.74, 6) is 0.650. The van der Waals surface area contributed by atoms with Crippen molar-refractivity contribution < 1.29 is 14.3 Å². The van der Waals surface area contributed by atoms with Crippen LogP contribution < -0.4 is 15.4 Å². The first-order chi connectivity index (χ1) is 11.5. The van der Waals surface area contributed by atoms with E-state index < -0.39 is 0 Å². The highest BCUT2D eigenvalue weighted by atomic mass is 16.5. The van der Waals surface area contributed by atoms with Gasteiger partial charge in [-0.25, -0.2) is 0 Å². The molecule has 0 saturated carbocycles. The maximum absolute atomic E-state index is 12.4. The first kappa shape index (κ1) is 18.3. The fourth-order valence-corrected chi connectivity index (χ4v) is 2.74. The van der Waals surface area contributed by atoms with Crippen LogP contribution in [0.4, 0.5) is 0 Å². The molecule has 1 saturated heterocycles. The molecule has 1 heterocycles. The van der Waals surface area contributed by atoms with Gasteiger partial charge in [0.05, 0.1) is 12.0 Å². The fraction of sp³-hybridized carbons (Fsp3) is 0.556. The Bertz CT molecular complexity index is 568. The van der Waals surface area contributed by atoms with E-state index in [1.165, 1.54) is 4.90 Å². The molecule has 0 aliphatic carbocycles. The smallest absolute Gasteiger partial charge is 0.259 e. The molecule has 1 fully saturated rings. The van der Waals surface area contributed by atoms with Gasteiger partial charge in [-0.3, -0.25) is 9.59 Å². The second kappa shape index (κ2) is 8.68. The number of nitrogens with zero attached hydrogens (tertiary/aromatic N) is 1. The fourth-order valence-electron chi connectivity index (χ4n) is 2.74. The van der Waals surface area contributed by atoms with Gasteiger partial charge >= 0.3 is 0 Å². The summed E-state index contributed by atoms with van der Waals surface area (Å²) in [4.78, 5) is 25.6. The number of carbonyl (C=O) groups excluding carboxylic acids is 2. The molecular weight excluding hydrogens is 306 g/mol. The summed E-state index contributed by atoms with van der Waals surface area (Å²) in [7, 11) is 3.39. The number of benzene rings is 1. The second-order valence-electron chi connectivity index (χ2n) is 6.27. The van der Waals surface area contributed by atoms with Crippen molar-refractivity contribution in [3.8, 4) is 5.75 Å². The van der Waals surface area contributed by atoms with Crippen molar-refractivity contribution in [2.24, 2.45) is 5.92 Å². The van der Waals surface area contributed by atoms with E-state index in [-0.39, 0.29) is 30.4 Å². The Morgan fingerprint density at radius 2 is 2.12 bits per heavy atom. The first-order valence-electron chi connectivity index (χ1n) is 8.45. The molecule has 0 radical (unpaired) electrons. The topological polar surface area (TPSA) is 70.7 Å². The molecule has 2 amide bonds. The number of hydrogen-bond acceptors (Lipinski definition) is 4. The third-order valence-electron chi connectivity index (χ3n) is 4.30. The van der Waals surface area contributed by atoms with Gasteiger partial charge in [0.25, 0.3) is 5.91 Å². The van der Waals surface area contributed by atoms with E-state index in [2.05, 4.69) is 10.6 Å². The third-order valence-corrected chi connectivity index (χ3v) is 4.30. The van der Waals surface area contributed by atoms with Crippen LogP contribution >= 0.6 is 0 Å². The van der Waals surface area contributed by atoms with E-state index in [0.29, 0.717) is 5.75 Å². The van der Waals surface area contributed by atoms with Crippen LogP contribution in [0.3, 0.4) is 0 Å². The minimum Gasteiger partial charge on any atom is -0.483 e. The van der Waals surface area contributed by atoms with Gasteiger partial charge in [0.2, 0.25) is 5.91 Å². The van der Waals surface area contributed by atoms with Crippen LogP contribution in [-0.4, -0.2) is 50.5 Å². The average Bonchev–Trinajstić information content (AvgIpc) is 3.12. The van der Waals surface area contributed by atoms with Gasteiger partial charge in [-0.05, 0) is 25.5 Å². The molecule has 6 heteroatoms. The van der Waals surface area contributed by atoms with Gasteiger partial charge in [-0.2, -0.15) is 0 Å². The van der Waals surface area contributed by atoms with Gasteiger partial charge in [0.15, 0.2) is 6.61 Å². The SMILES string of the molecule is CCC(NC(=O)C1CCNC1)c1ccccc1OCC(=O)N(C)C. The number of para-hydroxylation sites is 1. The molecule has 1 aliphatic rings. The van der Waals surface area contributed by atoms with Crippen LogP contribution in [0, 0.1) is 5.92 Å². The first-order valence-corrected chi connectivity index (χ1v) is 8.45. The summed E-state index contributed by atoms with van der Waals surface area (Å²) in [6.07, 6.45) is 1.63. The predicted molar refractivity (Wildman–Crippen MR) is 92.8 cm³/mol. The van der Waals surface area contributed by atoms with Crippen molar-refractivity contribution in [2.75, 3.05) is 33.8 Å². The van der Waals surface area contributed by atoms with Crippen LogP contribution in [0.1, 0.15) is 31.4 Å². The zero-order valence-electron chi connectivity index (χ0n) is 14.7. The number of amides is 2. The molecule has 6 nitrogen and oxygen atoms in total. The highest BCUT2D eigenvalue weighted by molar-refractivity contribution is 5.80. The molecule has 1 aromatic rings. The Balaban J connectivity index is 2.07. The van der Waals surface area contributed by atoms with Crippen LogP contribution in [0.5, 0.6) is 5.75 Å². The van der Waals surface area contributed by atoms with E-state index >= 15 is 0 Å². The molecule has 0 bridgehead atoms. The lowest BCUT2D eigenvalue weighted by Gasteiger charge is -2.22.